The molecule has 0 heterocycles. The van der Waals surface area contributed by atoms with E-state index in [9.17, 15) is 4.79 Å². The van der Waals surface area contributed by atoms with Gasteiger partial charge in [-0.15, -0.1) is 0 Å². The lowest BCUT2D eigenvalue weighted by Crippen LogP contribution is -2.42. The second kappa shape index (κ2) is 2.57. The summed E-state index contributed by atoms with van der Waals surface area (Å²) in [5.74, 6) is -0.933. The molecule has 68 valence electrons. The molecule has 13 heavy (non-hydrogen) atoms. The molecule has 1 aliphatic carbocycles. The fraction of sp³-hybridized carbons (Fsp3) is 0.300. The van der Waals surface area contributed by atoms with Crippen molar-refractivity contribution in [1.82, 2.24) is 0 Å². The van der Waals surface area contributed by atoms with Gasteiger partial charge < -0.3 is 10.8 Å². The molecular formula is C10H11NO2. The molecule has 1 aromatic rings. The van der Waals surface area contributed by atoms with Crippen molar-refractivity contribution in [2.75, 3.05) is 0 Å². The summed E-state index contributed by atoms with van der Waals surface area (Å²) in [6.07, 6.45) is 1.26. The van der Waals surface area contributed by atoms with Gasteiger partial charge >= 0.3 is 5.97 Å². The third kappa shape index (κ3) is 1.04. The molecule has 0 saturated carbocycles. The highest BCUT2D eigenvalue weighted by Crippen LogP contribution is 2.34. The molecular weight excluding hydrogens is 166 g/mol. The average molecular weight is 177 g/mol. The number of hydrogen-bond acceptors (Lipinski definition) is 2. The van der Waals surface area contributed by atoms with Crippen molar-refractivity contribution < 1.29 is 9.90 Å². The fourth-order valence-electron chi connectivity index (χ4n) is 1.86. The average Bonchev–Trinajstić information content (AvgIpc) is 2.47. The molecule has 3 nitrogen and oxygen atoms in total. The third-order valence-corrected chi connectivity index (χ3v) is 2.67. The fourth-order valence-corrected chi connectivity index (χ4v) is 1.86. The van der Waals surface area contributed by atoms with Crippen LogP contribution in [0.4, 0.5) is 0 Å². The van der Waals surface area contributed by atoms with Gasteiger partial charge in [0.15, 0.2) is 0 Å². The number of rotatable bonds is 1. The van der Waals surface area contributed by atoms with Crippen LogP contribution < -0.4 is 5.73 Å². The van der Waals surface area contributed by atoms with E-state index < -0.39 is 11.5 Å². The number of carbonyl (C=O) groups is 1. The quantitative estimate of drug-likeness (QED) is 0.669. The number of carboxylic acid groups (broad SMARTS) is 1. The molecule has 1 unspecified atom stereocenters. The van der Waals surface area contributed by atoms with E-state index in [2.05, 4.69) is 0 Å². The summed E-state index contributed by atoms with van der Waals surface area (Å²) in [5.41, 5.74) is 6.49. The minimum Gasteiger partial charge on any atom is -0.480 e. The zero-order valence-electron chi connectivity index (χ0n) is 7.16. The van der Waals surface area contributed by atoms with Crippen LogP contribution in [0.5, 0.6) is 0 Å². The molecule has 0 radical (unpaired) electrons. The van der Waals surface area contributed by atoms with Gasteiger partial charge in [-0.3, -0.25) is 0 Å². The third-order valence-electron chi connectivity index (χ3n) is 2.67. The van der Waals surface area contributed by atoms with Crippen molar-refractivity contribution in [3.05, 3.63) is 35.4 Å². The monoisotopic (exact) mass is 177 g/mol. The minimum atomic E-state index is -1.16. The highest BCUT2D eigenvalue weighted by molar-refractivity contribution is 5.82. The Hall–Kier alpha value is -1.35. The van der Waals surface area contributed by atoms with E-state index >= 15 is 0 Å². The van der Waals surface area contributed by atoms with E-state index in [4.69, 9.17) is 10.8 Å². The van der Waals surface area contributed by atoms with Crippen LogP contribution >= 0.6 is 0 Å². The lowest BCUT2D eigenvalue weighted by atomic mass is 9.93. The lowest BCUT2D eigenvalue weighted by Gasteiger charge is -2.19. The molecule has 1 atom stereocenters. The topological polar surface area (TPSA) is 63.3 Å². The van der Waals surface area contributed by atoms with Crippen LogP contribution in [0, 0.1) is 0 Å². The van der Waals surface area contributed by atoms with Crippen molar-refractivity contribution in [2.45, 2.75) is 18.4 Å². The van der Waals surface area contributed by atoms with Crippen LogP contribution in [0.15, 0.2) is 24.3 Å². The first-order valence-electron chi connectivity index (χ1n) is 4.25. The Morgan fingerprint density at radius 1 is 1.46 bits per heavy atom. The van der Waals surface area contributed by atoms with E-state index in [0.29, 0.717) is 6.42 Å². The van der Waals surface area contributed by atoms with Crippen LogP contribution in [0.2, 0.25) is 0 Å². The summed E-state index contributed by atoms with van der Waals surface area (Å²) < 4.78 is 0. The predicted octanol–water partition coefficient (Wildman–Crippen LogP) is 0.871. The van der Waals surface area contributed by atoms with Gasteiger partial charge in [-0.2, -0.15) is 0 Å². The standard InChI is InChI=1S/C10H11NO2/c11-10(9(12)13)6-5-7-3-1-2-4-8(7)10/h1-4H,5-6,11H2,(H,12,13). The maximum absolute atomic E-state index is 11.0. The highest BCUT2D eigenvalue weighted by atomic mass is 16.4. The first kappa shape index (κ1) is 8.26. The molecule has 0 bridgehead atoms. The highest BCUT2D eigenvalue weighted by Gasteiger charge is 2.41. The van der Waals surface area contributed by atoms with Gasteiger partial charge in [-0.05, 0) is 24.0 Å². The molecule has 2 rings (SSSR count). The van der Waals surface area contributed by atoms with Crippen LogP contribution in [0.1, 0.15) is 17.5 Å². The van der Waals surface area contributed by atoms with Crippen molar-refractivity contribution in [3.63, 3.8) is 0 Å². The zero-order valence-corrected chi connectivity index (χ0v) is 7.16. The van der Waals surface area contributed by atoms with Crippen molar-refractivity contribution in [2.24, 2.45) is 5.73 Å². The summed E-state index contributed by atoms with van der Waals surface area (Å²) in [6.45, 7) is 0. The van der Waals surface area contributed by atoms with Gasteiger partial charge in [0.2, 0.25) is 0 Å². The zero-order chi connectivity index (χ0) is 9.47. The van der Waals surface area contributed by atoms with Gasteiger partial charge in [-0.25, -0.2) is 4.79 Å². The number of benzene rings is 1. The van der Waals surface area contributed by atoms with Crippen LogP contribution in [-0.2, 0) is 16.8 Å². The van der Waals surface area contributed by atoms with Crippen molar-refractivity contribution in [3.8, 4) is 0 Å². The second-order valence-electron chi connectivity index (χ2n) is 3.43. The minimum absolute atomic E-state index is 0.502. The Labute approximate surface area is 76.2 Å². The Morgan fingerprint density at radius 3 is 2.85 bits per heavy atom. The molecule has 1 aliphatic rings. The maximum atomic E-state index is 11.0. The van der Waals surface area contributed by atoms with Crippen LogP contribution in [0.3, 0.4) is 0 Å². The van der Waals surface area contributed by atoms with E-state index in [1.165, 1.54) is 0 Å². The molecule has 1 aromatic carbocycles. The molecule has 0 fully saturated rings. The molecule has 0 aromatic heterocycles. The van der Waals surface area contributed by atoms with E-state index in [-0.39, 0.29) is 0 Å². The Kier molecular flexibility index (Phi) is 1.63. The summed E-state index contributed by atoms with van der Waals surface area (Å²) in [5, 5.41) is 8.99. The number of nitrogens with two attached hydrogens (primary N) is 1. The molecule has 0 saturated heterocycles. The van der Waals surface area contributed by atoms with Gasteiger partial charge in [0.25, 0.3) is 0 Å². The molecule has 0 amide bonds. The maximum Gasteiger partial charge on any atom is 0.328 e. The number of aliphatic carboxylic acids is 1. The van der Waals surface area contributed by atoms with Gasteiger partial charge in [0.1, 0.15) is 5.54 Å². The molecule has 0 aliphatic heterocycles. The van der Waals surface area contributed by atoms with Crippen molar-refractivity contribution >= 4 is 5.97 Å². The van der Waals surface area contributed by atoms with Gasteiger partial charge in [-0.1, -0.05) is 24.3 Å². The number of hydrogen-bond donors (Lipinski definition) is 2. The SMILES string of the molecule is NC1(C(=O)O)CCc2ccccc21. The Balaban J connectivity index is 2.55. The van der Waals surface area contributed by atoms with Crippen LogP contribution in [0.25, 0.3) is 0 Å². The summed E-state index contributed by atoms with van der Waals surface area (Å²) >= 11 is 0. The summed E-state index contributed by atoms with van der Waals surface area (Å²) in [6, 6.07) is 7.48. The number of fused-ring (bicyclic) bond motifs is 1. The first-order valence-corrected chi connectivity index (χ1v) is 4.25. The van der Waals surface area contributed by atoms with E-state index in [1.807, 2.05) is 18.2 Å². The molecule has 3 heteroatoms. The second-order valence-corrected chi connectivity index (χ2v) is 3.43. The predicted molar refractivity (Wildman–Crippen MR) is 48.3 cm³/mol. The lowest BCUT2D eigenvalue weighted by molar-refractivity contribution is -0.143. The molecule has 3 N–H and O–H groups in total. The van der Waals surface area contributed by atoms with E-state index in [1.54, 1.807) is 6.07 Å². The van der Waals surface area contributed by atoms with Crippen molar-refractivity contribution in [1.29, 1.82) is 0 Å². The van der Waals surface area contributed by atoms with Gasteiger partial charge in [0, 0.05) is 0 Å². The Bertz CT molecular complexity index is 362. The van der Waals surface area contributed by atoms with E-state index in [0.717, 1.165) is 17.5 Å². The first-order chi connectivity index (χ1) is 6.14. The largest absolute Gasteiger partial charge is 0.480 e. The molecule has 0 spiro atoms. The number of aryl methyl sites for hydroxylation is 1. The van der Waals surface area contributed by atoms with Gasteiger partial charge in [0.05, 0.1) is 0 Å². The van der Waals surface area contributed by atoms with Crippen LogP contribution in [-0.4, -0.2) is 11.1 Å². The normalized spacial score (nSPS) is 25.6. The Morgan fingerprint density at radius 2 is 2.15 bits per heavy atom. The number of carboxylic acids is 1. The summed E-state index contributed by atoms with van der Waals surface area (Å²) in [7, 11) is 0. The summed E-state index contributed by atoms with van der Waals surface area (Å²) in [4.78, 5) is 11.0. The smallest absolute Gasteiger partial charge is 0.328 e.